The van der Waals surface area contributed by atoms with E-state index in [2.05, 4.69) is 24.0 Å². The molecule has 0 bridgehead atoms. The summed E-state index contributed by atoms with van der Waals surface area (Å²) in [6, 6.07) is 9.82. The highest BCUT2D eigenvalue weighted by molar-refractivity contribution is 6.31. The van der Waals surface area contributed by atoms with Gasteiger partial charge in [0, 0.05) is 29.3 Å². The van der Waals surface area contributed by atoms with Gasteiger partial charge in [0.25, 0.3) is 5.91 Å². The summed E-state index contributed by atoms with van der Waals surface area (Å²) in [5.74, 6) is 1.49. The molecule has 0 saturated carbocycles. The molecular weight excluding hydrogens is 470 g/mol. The highest BCUT2D eigenvalue weighted by atomic mass is 35.5. The molecule has 35 heavy (non-hydrogen) atoms. The predicted octanol–water partition coefficient (Wildman–Crippen LogP) is 4.80. The smallest absolute Gasteiger partial charge is 0.273 e. The van der Waals surface area contributed by atoms with E-state index in [1.807, 2.05) is 18.2 Å². The van der Waals surface area contributed by atoms with Crippen molar-refractivity contribution >= 4 is 17.5 Å². The van der Waals surface area contributed by atoms with E-state index < -0.39 is 6.04 Å². The van der Waals surface area contributed by atoms with Crippen LogP contribution in [0.2, 0.25) is 5.02 Å². The zero-order valence-electron chi connectivity index (χ0n) is 20.0. The number of carbonyl (C=O) groups excluding carboxylic acids is 1. The number of benzene rings is 2. The molecule has 1 atom stereocenters. The maximum absolute atomic E-state index is 13.3. The number of rotatable bonds is 10. The van der Waals surface area contributed by atoms with Crippen LogP contribution in [0.15, 0.2) is 36.4 Å². The van der Waals surface area contributed by atoms with Crippen molar-refractivity contribution in [2.75, 3.05) is 26.9 Å². The molecule has 0 saturated heterocycles. The van der Waals surface area contributed by atoms with E-state index in [0.29, 0.717) is 64.5 Å². The van der Waals surface area contributed by atoms with Gasteiger partial charge in [0.1, 0.15) is 17.1 Å². The molecule has 2 heterocycles. The number of amides is 1. The number of nitrogens with zero attached hydrogens (tertiary/aromatic N) is 2. The molecule has 1 aliphatic rings. The van der Waals surface area contributed by atoms with Crippen molar-refractivity contribution in [1.29, 1.82) is 0 Å². The van der Waals surface area contributed by atoms with Crippen molar-refractivity contribution < 1.29 is 24.5 Å². The summed E-state index contributed by atoms with van der Waals surface area (Å²) in [7, 11) is 1.58. The number of carbonyl (C=O) groups is 1. The lowest BCUT2D eigenvalue weighted by atomic mass is 9.95. The summed E-state index contributed by atoms with van der Waals surface area (Å²) in [6.07, 6.45) is 1.34. The number of aromatic amines is 1. The molecule has 1 unspecified atom stereocenters. The molecule has 2 aromatic carbocycles. The number of methoxy groups -OCH3 is 1. The minimum Gasteiger partial charge on any atom is -0.507 e. The number of halogens is 1. The molecular formula is C26H30ClN3O5. The first-order valence-electron chi connectivity index (χ1n) is 11.6. The Labute approximate surface area is 209 Å². The third-order valence-corrected chi connectivity index (χ3v) is 6.33. The fraction of sp³-hybridized carbons (Fsp3) is 0.385. The summed E-state index contributed by atoms with van der Waals surface area (Å²) in [6.45, 7) is 5.15. The molecule has 1 aromatic heterocycles. The topological polar surface area (TPSA) is 108 Å². The van der Waals surface area contributed by atoms with Crippen molar-refractivity contribution in [2.24, 2.45) is 5.92 Å². The van der Waals surface area contributed by atoms with Crippen LogP contribution in [0, 0.1) is 5.92 Å². The van der Waals surface area contributed by atoms with Crippen LogP contribution in [-0.4, -0.2) is 58.1 Å². The molecule has 0 fully saturated rings. The van der Waals surface area contributed by atoms with E-state index in [1.54, 1.807) is 24.1 Å². The first-order chi connectivity index (χ1) is 16.8. The van der Waals surface area contributed by atoms with Gasteiger partial charge < -0.3 is 24.6 Å². The summed E-state index contributed by atoms with van der Waals surface area (Å²) in [5, 5.41) is 27.6. The maximum Gasteiger partial charge on any atom is 0.273 e. The molecule has 0 aliphatic carbocycles. The summed E-state index contributed by atoms with van der Waals surface area (Å²) < 4.78 is 11.6. The Morgan fingerprint density at radius 3 is 2.71 bits per heavy atom. The van der Waals surface area contributed by atoms with Crippen molar-refractivity contribution in [2.45, 2.75) is 32.7 Å². The fourth-order valence-electron chi connectivity index (χ4n) is 4.30. The van der Waals surface area contributed by atoms with Gasteiger partial charge in [-0.25, -0.2) is 0 Å². The van der Waals surface area contributed by atoms with Gasteiger partial charge in [0.15, 0.2) is 11.5 Å². The number of aliphatic hydroxyl groups is 1. The van der Waals surface area contributed by atoms with Crippen LogP contribution in [0.4, 0.5) is 0 Å². The average molecular weight is 500 g/mol. The summed E-state index contributed by atoms with van der Waals surface area (Å²) in [5.41, 5.74) is 2.66. The van der Waals surface area contributed by atoms with Crippen molar-refractivity contribution in [3.63, 3.8) is 0 Å². The molecule has 186 valence electrons. The fourth-order valence-corrected chi connectivity index (χ4v) is 4.47. The van der Waals surface area contributed by atoms with Gasteiger partial charge in [-0.2, -0.15) is 5.10 Å². The lowest BCUT2D eigenvalue weighted by Gasteiger charge is -2.27. The van der Waals surface area contributed by atoms with Crippen LogP contribution in [0.1, 0.15) is 54.3 Å². The van der Waals surface area contributed by atoms with Gasteiger partial charge >= 0.3 is 0 Å². The van der Waals surface area contributed by atoms with E-state index in [9.17, 15) is 15.0 Å². The molecule has 3 N–H and O–H groups in total. The number of nitrogens with one attached hydrogen (secondary N) is 1. The number of ether oxygens (including phenoxy) is 2. The van der Waals surface area contributed by atoms with Gasteiger partial charge in [0.2, 0.25) is 0 Å². The van der Waals surface area contributed by atoms with Crippen LogP contribution < -0.4 is 9.47 Å². The number of hydrogen-bond donors (Lipinski definition) is 3. The maximum atomic E-state index is 13.3. The quantitative estimate of drug-likeness (QED) is 0.370. The highest BCUT2D eigenvalue weighted by Gasteiger charge is 2.42. The third kappa shape index (κ3) is 4.94. The van der Waals surface area contributed by atoms with Gasteiger partial charge in [-0.05, 0) is 54.7 Å². The summed E-state index contributed by atoms with van der Waals surface area (Å²) in [4.78, 5) is 15.0. The number of phenolic OH excluding ortho intramolecular Hbond substituents is 1. The zero-order chi connectivity index (χ0) is 25.1. The Morgan fingerprint density at radius 1 is 1.20 bits per heavy atom. The van der Waals surface area contributed by atoms with Crippen molar-refractivity contribution in [3.05, 3.63) is 58.2 Å². The van der Waals surface area contributed by atoms with E-state index >= 15 is 0 Å². The SMILES string of the molecule is COc1cc(C2c3c(-c4cc(Cl)ccc4O)n[nH]c3C(=O)N2CCCO)ccc1OCCC(C)C. The molecule has 1 amide bonds. The van der Waals surface area contributed by atoms with Gasteiger partial charge in [-0.1, -0.05) is 31.5 Å². The number of fused-ring (bicyclic) bond motifs is 1. The first-order valence-corrected chi connectivity index (χ1v) is 12.0. The van der Waals surface area contributed by atoms with Crippen LogP contribution in [0.25, 0.3) is 11.3 Å². The van der Waals surface area contributed by atoms with E-state index in [1.165, 1.54) is 6.07 Å². The summed E-state index contributed by atoms with van der Waals surface area (Å²) >= 11 is 6.20. The molecule has 8 nitrogen and oxygen atoms in total. The average Bonchev–Trinajstić information content (AvgIpc) is 3.38. The molecule has 9 heteroatoms. The standard InChI is InChI=1S/C26H30ClN3O5/c1-15(2)9-12-35-20-8-5-16(13-21(20)34-3)25-22-23(18-14-17(27)6-7-19(18)32)28-29-24(22)26(33)30(25)10-4-11-31/h5-8,13-15,25,31-32H,4,9-12H2,1-3H3,(H,28,29). The van der Waals surface area contributed by atoms with Crippen LogP contribution in [-0.2, 0) is 0 Å². The van der Waals surface area contributed by atoms with E-state index in [0.717, 1.165) is 12.0 Å². The molecule has 4 rings (SSSR count). The van der Waals surface area contributed by atoms with Gasteiger partial charge in [-0.15, -0.1) is 0 Å². The number of hydrogen-bond acceptors (Lipinski definition) is 6. The zero-order valence-corrected chi connectivity index (χ0v) is 20.8. The lowest BCUT2D eigenvalue weighted by Crippen LogP contribution is -2.31. The second-order valence-corrected chi connectivity index (χ2v) is 9.38. The Balaban J connectivity index is 1.79. The second-order valence-electron chi connectivity index (χ2n) is 8.94. The van der Waals surface area contributed by atoms with Crippen molar-refractivity contribution in [1.82, 2.24) is 15.1 Å². The Morgan fingerprint density at radius 2 is 2.00 bits per heavy atom. The minimum atomic E-state index is -0.505. The number of aromatic nitrogens is 2. The Bertz CT molecular complexity index is 1210. The van der Waals surface area contributed by atoms with Crippen LogP contribution >= 0.6 is 11.6 Å². The highest BCUT2D eigenvalue weighted by Crippen LogP contribution is 2.46. The van der Waals surface area contributed by atoms with Gasteiger partial charge in [0.05, 0.1) is 19.8 Å². The van der Waals surface area contributed by atoms with Crippen LogP contribution in [0.5, 0.6) is 17.2 Å². The monoisotopic (exact) mass is 499 g/mol. The Kier molecular flexibility index (Phi) is 7.52. The predicted molar refractivity (Wildman–Crippen MR) is 133 cm³/mol. The van der Waals surface area contributed by atoms with Crippen molar-refractivity contribution in [3.8, 4) is 28.5 Å². The molecule has 0 spiro atoms. The number of H-pyrrole nitrogens is 1. The molecule has 3 aromatic rings. The Hall–Kier alpha value is -3.23. The van der Waals surface area contributed by atoms with E-state index in [-0.39, 0.29) is 18.3 Å². The number of aromatic hydroxyl groups is 1. The largest absolute Gasteiger partial charge is 0.507 e. The number of aliphatic hydroxyl groups excluding tert-OH is 1. The molecule has 0 radical (unpaired) electrons. The van der Waals surface area contributed by atoms with E-state index in [4.69, 9.17) is 21.1 Å². The molecule has 1 aliphatic heterocycles. The third-order valence-electron chi connectivity index (χ3n) is 6.09. The normalized spacial score (nSPS) is 15.1. The first kappa shape index (κ1) is 24.9. The van der Waals surface area contributed by atoms with Gasteiger partial charge in [-0.3, -0.25) is 9.89 Å². The lowest BCUT2D eigenvalue weighted by molar-refractivity contribution is 0.0732. The number of phenols is 1. The second kappa shape index (κ2) is 10.6. The minimum absolute atomic E-state index is 0.00943. The van der Waals surface area contributed by atoms with Crippen LogP contribution in [0.3, 0.4) is 0 Å².